The lowest BCUT2D eigenvalue weighted by Crippen LogP contribution is -2.51. The van der Waals surface area contributed by atoms with Gasteiger partial charge in [-0.05, 0) is 18.6 Å². The molecule has 2 N–H and O–H groups in total. The molecule has 0 saturated carbocycles. The van der Waals surface area contributed by atoms with Crippen LogP contribution in [0.15, 0.2) is 12.1 Å². The Labute approximate surface area is 81.3 Å². The molecule has 0 aromatic heterocycles. The molecule has 2 nitrogen and oxygen atoms in total. The fourth-order valence-corrected chi connectivity index (χ4v) is 1.37. The predicted molar refractivity (Wildman–Crippen MR) is 51.4 cm³/mol. The molecule has 1 aliphatic heterocycles. The van der Waals surface area contributed by atoms with E-state index in [-0.39, 0.29) is 17.5 Å². The van der Waals surface area contributed by atoms with E-state index in [2.05, 4.69) is 10.6 Å². The van der Waals surface area contributed by atoms with Crippen LogP contribution in [0.25, 0.3) is 0 Å². The monoisotopic (exact) mass is 198 g/mol. The Morgan fingerprint density at radius 3 is 2.57 bits per heavy atom. The first-order valence-corrected chi connectivity index (χ1v) is 4.59. The van der Waals surface area contributed by atoms with Gasteiger partial charge in [-0.15, -0.1) is 0 Å². The summed E-state index contributed by atoms with van der Waals surface area (Å²) in [6.07, 6.45) is 0. The summed E-state index contributed by atoms with van der Waals surface area (Å²) in [5.74, 6) is -0.767. The third-order valence-corrected chi connectivity index (χ3v) is 2.39. The minimum absolute atomic E-state index is 0.214. The van der Waals surface area contributed by atoms with Crippen molar-refractivity contribution in [2.45, 2.75) is 13.0 Å². The van der Waals surface area contributed by atoms with Crippen LogP contribution in [0.1, 0.15) is 5.56 Å². The van der Waals surface area contributed by atoms with Crippen LogP contribution in [0.2, 0.25) is 0 Å². The van der Waals surface area contributed by atoms with Gasteiger partial charge in [0.25, 0.3) is 0 Å². The van der Waals surface area contributed by atoms with E-state index in [1.54, 1.807) is 6.92 Å². The maximum Gasteiger partial charge on any atom is 0.146 e. The Morgan fingerprint density at radius 2 is 2.00 bits per heavy atom. The van der Waals surface area contributed by atoms with Crippen LogP contribution < -0.4 is 10.6 Å². The van der Waals surface area contributed by atoms with Crippen LogP contribution in [-0.4, -0.2) is 19.1 Å². The minimum atomic E-state index is -0.393. The Balaban J connectivity index is 2.19. The van der Waals surface area contributed by atoms with E-state index >= 15 is 0 Å². The van der Waals surface area contributed by atoms with Crippen molar-refractivity contribution in [3.63, 3.8) is 0 Å². The number of halogens is 2. The predicted octanol–water partition coefficient (Wildman–Crippen LogP) is 1.66. The van der Waals surface area contributed by atoms with Gasteiger partial charge in [0.05, 0.1) is 11.7 Å². The van der Waals surface area contributed by atoms with Crippen molar-refractivity contribution in [1.29, 1.82) is 0 Å². The van der Waals surface area contributed by atoms with Gasteiger partial charge in [-0.25, -0.2) is 8.78 Å². The van der Waals surface area contributed by atoms with Crippen LogP contribution in [0.5, 0.6) is 0 Å². The maximum absolute atomic E-state index is 13.3. The minimum Gasteiger partial charge on any atom is -0.377 e. The number of rotatable bonds is 2. The molecule has 1 aromatic rings. The quantitative estimate of drug-likeness (QED) is 0.755. The molecule has 1 aliphatic rings. The van der Waals surface area contributed by atoms with Crippen LogP contribution in [0, 0.1) is 18.6 Å². The van der Waals surface area contributed by atoms with Crippen molar-refractivity contribution in [1.82, 2.24) is 5.32 Å². The first-order valence-electron chi connectivity index (χ1n) is 4.59. The van der Waals surface area contributed by atoms with E-state index in [4.69, 9.17) is 0 Å². The van der Waals surface area contributed by atoms with Crippen LogP contribution >= 0.6 is 0 Å². The van der Waals surface area contributed by atoms with E-state index in [1.807, 2.05) is 0 Å². The molecule has 76 valence electrons. The van der Waals surface area contributed by atoms with E-state index in [9.17, 15) is 8.78 Å². The topological polar surface area (TPSA) is 24.1 Å². The number of aryl methyl sites for hydroxylation is 1. The molecule has 1 aromatic carbocycles. The smallest absolute Gasteiger partial charge is 0.146 e. The van der Waals surface area contributed by atoms with Gasteiger partial charge >= 0.3 is 0 Å². The number of anilines is 1. The van der Waals surface area contributed by atoms with Gasteiger partial charge in [0.2, 0.25) is 0 Å². The maximum atomic E-state index is 13.3. The molecular formula is C10H12F2N2. The molecule has 4 heteroatoms. The van der Waals surface area contributed by atoms with Crippen molar-refractivity contribution in [3.8, 4) is 0 Å². The molecule has 0 atom stereocenters. The molecule has 14 heavy (non-hydrogen) atoms. The second-order valence-electron chi connectivity index (χ2n) is 3.58. The van der Waals surface area contributed by atoms with Crippen molar-refractivity contribution in [2.24, 2.45) is 0 Å². The average Bonchev–Trinajstić information content (AvgIpc) is 2.06. The highest BCUT2D eigenvalue weighted by atomic mass is 19.1. The summed E-state index contributed by atoms with van der Waals surface area (Å²) in [4.78, 5) is 0. The third kappa shape index (κ3) is 1.70. The van der Waals surface area contributed by atoms with Gasteiger partial charge in [-0.1, -0.05) is 0 Å². The Hall–Kier alpha value is -1.16. The summed E-state index contributed by atoms with van der Waals surface area (Å²) < 4.78 is 26.4. The van der Waals surface area contributed by atoms with Gasteiger partial charge in [0, 0.05) is 19.2 Å². The van der Waals surface area contributed by atoms with E-state index < -0.39 is 5.82 Å². The lowest BCUT2D eigenvalue weighted by atomic mass is 10.1. The number of nitrogens with one attached hydrogen (secondary N) is 2. The molecule has 1 heterocycles. The van der Waals surface area contributed by atoms with Crippen LogP contribution in [0.4, 0.5) is 14.5 Å². The molecule has 1 fully saturated rings. The third-order valence-electron chi connectivity index (χ3n) is 2.39. The zero-order valence-corrected chi connectivity index (χ0v) is 7.90. The molecular weight excluding hydrogens is 186 g/mol. The van der Waals surface area contributed by atoms with Gasteiger partial charge in [0.15, 0.2) is 0 Å². The van der Waals surface area contributed by atoms with Gasteiger partial charge in [-0.3, -0.25) is 0 Å². The molecule has 0 bridgehead atoms. The van der Waals surface area contributed by atoms with Crippen molar-refractivity contribution < 1.29 is 8.78 Å². The Kier molecular flexibility index (Phi) is 2.37. The second-order valence-corrected chi connectivity index (χ2v) is 3.58. The first-order chi connectivity index (χ1) is 6.66. The fraction of sp³-hybridized carbons (Fsp3) is 0.400. The summed E-state index contributed by atoms with van der Waals surface area (Å²) in [5, 5.41) is 5.99. The summed E-state index contributed by atoms with van der Waals surface area (Å²) >= 11 is 0. The molecule has 0 unspecified atom stereocenters. The Morgan fingerprint density at radius 1 is 1.29 bits per heavy atom. The molecule has 0 amide bonds. The zero-order valence-electron chi connectivity index (χ0n) is 7.90. The molecule has 0 spiro atoms. The summed E-state index contributed by atoms with van der Waals surface area (Å²) in [6.45, 7) is 3.15. The highest BCUT2D eigenvalue weighted by Gasteiger charge is 2.18. The lowest BCUT2D eigenvalue weighted by molar-refractivity contribution is 0.468. The SMILES string of the molecule is Cc1cc(F)c(NC2CNC2)cc1F. The molecule has 0 radical (unpaired) electrons. The van der Waals surface area contributed by atoms with Crippen molar-refractivity contribution in [2.75, 3.05) is 18.4 Å². The van der Waals surface area contributed by atoms with Gasteiger partial charge in [0.1, 0.15) is 11.6 Å². The van der Waals surface area contributed by atoms with Crippen molar-refractivity contribution >= 4 is 5.69 Å². The summed E-state index contributed by atoms with van der Waals surface area (Å²) in [7, 11) is 0. The zero-order chi connectivity index (χ0) is 10.1. The van der Waals surface area contributed by atoms with Crippen LogP contribution in [0.3, 0.4) is 0 Å². The second kappa shape index (κ2) is 3.53. The summed E-state index contributed by atoms with van der Waals surface area (Å²) in [6, 6.07) is 2.64. The first kappa shape index (κ1) is 9.40. The number of hydrogen-bond donors (Lipinski definition) is 2. The standard InChI is InChI=1S/C10H12F2N2/c1-6-2-9(12)10(3-8(6)11)14-7-4-13-5-7/h2-3,7,13-14H,4-5H2,1H3. The number of benzene rings is 1. The lowest BCUT2D eigenvalue weighted by Gasteiger charge is -2.29. The van der Waals surface area contributed by atoms with Gasteiger partial charge < -0.3 is 10.6 Å². The number of hydrogen-bond acceptors (Lipinski definition) is 2. The molecule has 1 saturated heterocycles. The van der Waals surface area contributed by atoms with E-state index in [1.165, 1.54) is 12.1 Å². The normalized spacial score (nSPS) is 16.5. The molecule has 2 rings (SSSR count). The van der Waals surface area contributed by atoms with E-state index in [0.717, 1.165) is 13.1 Å². The van der Waals surface area contributed by atoms with E-state index in [0.29, 0.717) is 5.56 Å². The average molecular weight is 198 g/mol. The van der Waals surface area contributed by atoms with Crippen LogP contribution in [-0.2, 0) is 0 Å². The largest absolute Gasteiger partial charge is 0.377 e. The summed E-state index contributed by atoms with van der Waals surface area (Å²) in [5.41, 5.74) is 0.583. The fourth-order valence-electron chi connectivity index (χ4n) is 1.37. The molecule has 0 aliphatic carbocycles. The van der Waals surface area contributed by atoms with Gasteiger partial charge in [-0.2, -0.15) is 0 Å². The highest BCUT2D eigenvalue weighted by molar-refractivity contribution is 5.48. The van der Waals surface area contributed by atoms with Crippen molar-refractivity contribution in [3.05, 3.63) is 29.3 Å². The highest BCUT2D eigenvalue weighted by Crippen LogP contribution is 2.20. The Bertz CT molecular complexity index is 348.